The highest BCUT2D eigenvalue weighted by Crippen LogP contribution is 2.22. The first-order valence-electron chi connectivity index (χ1n) is 6.29. The first kappa shape index (κ1) is 15.3. The van der Waals surface area contributed by atoms with Crippen molar-refractivity contribution in [2.24, 2.45) is 0 Å². The van der Waals surface area contributed by atoms with E-state index in [0.717, 1.165) is 11.6 Å². The zero-order valence-electron chi connectivity index (χ0n) is 11.0. The van der Waals surface area contributed by atoms with E-state index in [1.165, 1.54) is 24.3 Å². The van der Waals surface area contributed by atoms with Crippen LogP contribution in [-0.4, -0.2) is 12.6 Å². The molecule has 21 heavy (non-hydrogen) atoms. The summed E-state index contributed by atoms with van der Waals surface area (Å²) in [5.74, 6) is -0.766. The zero-order chi connectivity index (χ0) is 15.2. The number of nitrogens with one attached hydrogen (secondary N) is 2. The van der Waals surface area contributed by atoms with Gasteiger partial charge in [-0.2, -0.15) is 0 Å². The van der Waals surface area contributed by atoms with Gasteiger partial charge in [-0.05, 0) is 42.3 Å². The minimum Gasteiger partial charge on any atom is -0.338 e. The predicted octanol–water partition coefficient (Wildman–Crippen LogP) is 3.98. The van der Waals surface area contributed by atoms with Gasteiger partial charge in [0.1, 0.15) is 11.6 Å². The highest BCUT2D eigenvalue weighted by molar-refractivity contribution is 6.33. The number of hydrogen-bond acceptors (Lipinski definition) is 1. The fraction of sp³-hybridized carbons (Fsp3) is 0.133. The largest absolute Gasteiger partial charge is 0.338 e. The first-order valence-corrected chi connectivity index (χ1v) is 6.67. The van der Waals surface area contributed by atoms with Gasteiger partial charge < -0.3 is 10.6 Å². The van der Waals surface area contributed by atoms with Gasteiger partial charge in [-0.3, -0.25) is 0 Å². The molecule has 0 atom stereocenters. The average molecular weight is 311 g/mol. The summed E-state index contributed by atoms with van der Waals surface area (Å²) in [6.07, 6.45) is 0.574. The number of benzene rings is 2. The van der Waals surface area contributed by atoms with Crippen molar-refractivity contribution in [2.75, 3.05) is 11.9 Å². The van der Waals surface area contributed by atoms with Gasteiger partial charge >= 0.3 is 6.03 Å². The molecule has 0 aliphatic carbocycles. The van der Waals surface area contributed by atoms with Crippen LogP contribution in [0.15, 0.2) is 42.5 Å². The SMILES string of the molecule is O=C(NCCc1ccc(F)cc1)Nc1ccc(F)cc1Cl. The Bertz CT molecular complexity index is 632. The maximum Gasteiger partial charge on any atom is 0.319 e. The molecule has 3 nitrogen and oxygen atoms in total. The Morgan fingerprint density at radius 2 is 1.71 bits per heavy atom. The number of rotatable bonds is 4. The minimum absolute atomic E-state index is 0.128. The van der Waals surface area contributed by atoms with Crippen LogP contribution in [0.25, 0.3) is 0 Å². The molecule has 2 aromatic carbocycles. The van der Waals surface area contributed by atoms with Gasteiger partial charge in [-0.1, -0.05) is 23.7 Å². The van der Waals surface area contributed by atoms with Crippen LogP contribution in [-0.2, 0) is 6.42 Å². The molecule has 0 aliphatic rings. The summed E-state index contributed by atoms with van der Waals surface area (Å²) in [5, 5.41) is 5.29. The van der Waals surface area contributed by atoms with Crippen LogP contribution < -0.4 is 10.6 Å². The maximum absolute atomic E-state index is 12.9. The summed E-state index contributed by atoms with van der Waals surface area (Å²) in [6.45, 7) is 0.385. The molecule has 0 radical (unpaired) electrons. The highest BCUT2D eigenvalue weighted by Gasteiger charge is 2.06. The van der Waals surface area contributed by atoms with Gasteiger partial charge in [0.15, 0.2) is 0 Å². The van der Waals surface area contributed by atoms with Crippen LogP contribution in [0.3, 0.4) is 0 Å². The number of carbonyl (C=O) groups excluding carboxylic acids is 1. The molecule has 0 saturated carbocycles. The molecule has 0 unspecified atom stereocenters. The molecule has 110 valence electrons. The summed E-state index contributed by atoms with van der Waals surface area (Å²) < 4.78 is 25.6. The third kappa shape index (κ3) is 4.72. The van der Waals surface area contributed by atoms with E-state index in [-0.39, 0.29) is 10.8 Å². The molecule has 2 aromatic rings. The van der Waals surface area contributed by atoms with Crippen molar-refractivity contribution < 1.29 is 13.6 Å². The van der Waals surface area contributed by atoms with Gasteiger partial charge in [0.2, 0.25) is 0 Å². The van der Waals surface area contributed by atoms with Gasteiger partial charge in [0.05, 0.1) is 10.7 Å². The van der Waals surface area contributed by atoms with Crippen molar-refractivity contribution in [3.05, 3.63) is 64.7 Å². The average Bonchev–Trinajstić information content (AvgIpc) is 2.44. The summed E-state index contributed by atoms with van der Waals surface area (Å²) in [4.78, 5) is 11.7. The van der Waals surface area contributed by atoms with E-state index in [9.17, 15) is 13.6 Å². The van der Waals surface area contributed by atoms with Crippen molar-refractivity contribution in [1.82, 2.24) is 5.32 Å². The van der Waals surface area contributed by atoms with E-state index in [4.69, 9.17) is 11.6 Å². The van der Waals surface area contributed by atoms with E-state index < -0.39 is 11.8 Å². The minimum atomic E-state index is -0.470. The summed E-state index contributed by atoms with van der Waals surface area (Å²) in [6, 6.07) is 9.33. The predicted molar refractivity (Wildman–Crippen MR) is 78.5 cm³/mol. The van der Waals surface area contributed by atoms with Crippen LogP contribution in [0.4, 0.5) is 19.3 Å². The Labute approximate surface area is 125 Å². The fourth-order valence-corrected chi connectivity index (χ4v) is 1.94. The van der Waals surface area contributed by atoms with Gasteiger partial charge in [-0.15, -0.1) is 0 Å². The second-order valence-electron chi connectivity index (χ2n) is 4.38. The lowest BCUT2D eigenvalue weighted by molar-refractivity contribution is 0.252. The summed E-state index contributed by atoms with van der Waals surface area (Å²) in [7, 11) is 0. The Morgan fingerprint density at radius 1 is 1.05 bits per heavy atom. The third-order valence-electron chi connectivity index (χ3n) is 2.79. The van der Waals surface area contributed by atoms with E-state index in [1.807, 2.05) is 0 Å². The van der Waals surface area contributed by atoms with E-state index >= 15 is 0 Å². The van der Waals surface area contributed by atoms with E-state index in [0.29, 0.717) is 18.7 Å². The molecule has 0 heterocycles. The van der Waals surface area contributed by atoms with Gasteiger partial charge in [0, 0.05) is 6.54 Å². The van der Waals surface area contributed by atoms with Gasteiger partial charge in [-0.25, -0.2) is 13.6 Å². The van der Waals surface area contributed by atoms with Crippen LogP contribution in [0.1, 0.15) is 5.56 Å². The second-order valence-corrected chi connectivity index (χ2v) is 4.79. The topological polar surface area (TPSA) is 41.1 Å². The Kier molecular flexibility index (Phi) is 5.11. The molecule has 0 aromatic heterocycles. The second kappa shape index (κ2) is 7.04. The lowest BCUT2D eigenvalue weighted by Crippen LogP contribution is -2.30. The van der Waals surface area contributed by atoms with Crippen molar-refractivity contribution in [2.45, 2.75) is 6.42 Å². The number of urea groups is 1. The maximum atomic E-state index is 12.9. The molecule has 0 fully saturated rings. The van der Waals surface area contributed by atoms with Crippen LogP contribution in [0.5, 0.6) is 0 Å². The van der Waals surface area contributed by atoms with Gasteiger partial charge in [0.25, 0.3) is 0 Å². The van der Waals surface area contributed by atoms with Crippen molar-refractivity contribution >= 4 is 23.3 Å². The highest BCUT2D eigenvalue weighted by atomic mass is 35.5. The molecule has 2 N–H and O–H groups in total. The number of amides is 2. The van der Waals surface area contributed by atoms with Crippen LogP contribution >= 0.6 is 11.6 Å². The molecule has 0 bridgehead atoms. The Balaban J connectivity index is 1.81. The van der Waals surface area contributed by atoms with Crippen molar-refractivity contribution in [1.29, 1.82) is 0 Å². The molecule has 0 saturated heterocycles. The molecule has 0 spiro atoms. The lowest BCUT2D eigenvalue weighted by Gasteiger charge is -2.09. The standard InChI is InChI=1S/C15H13ClF2N2O/c16-13-9-12(18)5-6-14(13)20-15(21)19-8-7-10-1-3-11(17)4-2-10/h1-6,9H,7-8H2,(H2,19,20,21). The number of hydrogen-bond donors (Lipinski definition) is 2. The number of carbonyl (C=O) groups is 1. The quantitative estimate of drug-likeness (QED) is 0.881. The summed E-state index contributed by atoms with van der Waals surface area (Å²) in [5.41, 5.74) is 1.24. The smallest absolute Gasteiger partial charge is 0.319 e. The molecule has 2 rings (SSSR count). The van der Waals surface area contributed by atoms with E-state index in [2.05, 4.69) is 10.6 Å². The van der Waals surface area contributed by atoms with Crippen LogP contribution in [0.2, 0.25) is 5.02 Å². The first-order chi connectivity index (χ1) is 10.0. The fourth-order valence-electron chi connectivity index (χ4n) is 1.73. The van der Waals surface area contributed by atoms with Crippen molar-refractivity contribution in [3.8, 4) is 0 Å². The molecule has 2 amide bonds. The van der Waals surface area contributed by atoms with E-state index in [1.54, 1.807) is 12.1 Å². The molecule has 0 aliphatic heterocycles. The van der Waals surface area contributed by atoms with Crippen molar-refractivity contribution in [3.63, 3.8) is 0 Å². The number of halogens is 3. The zero-order valence-corrected chi connectivity index (χ0v) is 11.8. The molecular formula is C15H13ClF2N2O. The Hall–Kier alpha value is -2.14. The molecular weight excluding hydrogens is 298 g/mol. The Morgan fingerprint density at radius 3 is 2.38 bits per heavy atom. The summed E-state index contributed by atoms with van der Waals surface area (Å²) >= 11 is 5.80. The number of anilines is 1. The molecule has 6 heteroatoms. The third-order valence-corrected chi connectivity index (χ3v) is 3.10. The lowest BCUT2D eigenvalue weighted by atomic mass is 10.1. The normalized spacial score (nSPS) is 10.2. The monoisotopic (exact) mass is 310 g/mol. The van der Waals surface area contributed by atoms with Crippen LogP contribution in [0, 0.1) is 11.6 Å².